The molecule has 1 saturated heterocycles. The Bertz CT molecular complexity index is 260. The van der Waals surface area contributed by atoms with Gasteiger partial charge in [0, 0.05) is 6.54 Å². The summed E-state index contributed by atoms with van der Waals surface area (Å²) in [5, 5.41) is 0. The lowest BCUT2D eigenvalue weighted by Crippen LogP contribution is -2.33. The molecule has 1 rings (SSSR count). The van der Waals surface area contributed by atoms with Gasteiger partial charge in [0.25, 0.3) is 0 Å². The van der Waals surface area contributed by atoms with Gasteiger partial charge in [-0.1, -0.05) is 12.2 Å². The van der Waals surface area contributed by atoms with Crippen molar-refractivity contribution in [3.63, 3.8) is 0 Å². The largest absolute Gasteiger partial charge is 0.392 e. The van der Waals surface area contributed by atoms with Gasteiger partial charge in [0.15, 0.2) is 0 Å². The number of thiocarbonyl (C=S) groups is 1. The fraction of sp³-hybridized carbons (Fsp3) is 0.800. The van der Waals surface area contributed by atoms with E-state index in [0.29, 0.717) is 13.0 Å². The lowest BCUT2D eigenvalue weighted by atomic mass is 10.5. The highest BCUT2D eigenvalue weighted by molar-refractivity contribution is 7.89. The van der Waals surface area contributed by atoms with Crippen molar-refractivity contribution in [1.82, 2.24) is 4.31 Å². The fourth-order valence-electron chi connectivity index (χ4n) is 1.04. The molecule has 1 heterocycles. The van der Waals surface area contributed by atoms with Crippen LogP contribution >= 0.6 is 12.2 Å². The zero-order valence-corrected chi connectivity index (χ0v) is 7.62. The third kappa shape index (κ3) is 2.11. The van der Waals surface area contributed by atoms with Crippen molar-refractivity contribution in [2.45, 2.75) is 6.42 Å². The minimum Gasteiger partial charge on any atom is -0.392 e. The third-order valence-electron chi connectivity index (χ3n) is 1.54. The van der Waals surface area contributed by atoms with Crippen LogP contribution in [0.1, 0.15) is 6.42 Å². The molecule has 0 aromatic carbocycles. The number of rotatable bonds is 2. The van der Waals surface area contributed by atoms with Crippen LogP contribution in [0.25, 0.3) is 0 Å². The molecular weight excluding hydrogens is 184 g/mol. The van der Waals surface area contributed by atoms with Crippen molar-refractivity contribution in [2.24, 2.45) is 5.73 Å². The Morgan fingerprint density at radius 3 is 2.64 bits per heavy atom. The number of hydrogen-bond acceptors (Lipinski definition) is 3. The van der Waals surface area contributed by atoms with Gasteiger partial charge in [-0.05, 0) is 6.42 Å². The van der Waals surface area contributed by atoms with E-state index in [4.69, 9.17) is 5.73 Å². The number of hydrogen-bond donors (Lipinski definition) is 1. The second kappa shape index (κ2) is 3.04. The first-order chi connectivity index (χ1) is 5.02. The van der Waals surface area contributed by atoms with Gasteiger partial charge in [-0.15, -0.1) is 0 Å². The molecule has 64 valence electrons. The maximum atomic E-state index is 11.1. The molecule has 2 N–H and O–H groups in total. The maximum Gasteiger partial charge on any atom is 0.214 e. The van der Waals surface area contributed by atoms with Crippen LogP contribution < -0.4 is 5.73 Å². The van der Waals surface area contributed by atoms with Crippen molar-refractivity contribution >= 4 is 27.2 Å². The fourth-order valence-corrected chi connectivity index (χ4v) is 2.78. The van der Waals surface area contributed by atoms with Crippen molar-refractivity contribution in [2.75, 3.05) is 18.8 Å². The summed E-state index contributed by atoms with van der Waals surface area (Å²) in [6.45, 7) is 0.747. The predicted molar refractivity (Wildman–Crippen MR) is 46.8 cm³/mol. The molecule has 0 radical (unpaired) electrons. The van der Waals surface area contributed by atoms with E-state index in [2.05, 4.69) is 12.2 Å². The molecule has 4 nitrogen and oxygen atoms in total. The molecule has 0 aromatic heterocycles. The Kier molecular flexibility index (Phi) is 2.46. The van der Waals surface area contributed by atoms with Crippen LogP contribution in [-0.2, 0) is 10.0 Å². The van der Waals surface area contributed by atoms with Crippen LogP contribution in [0.5, 0.6) is 0 Å². The maximum absolute atomic E-state index is 11.1. The molecule has 1 aliphatic rings. The molecule has 11 heavy (non-hydrogen) atoms. The van der Waals surface area contributed by atoms with Gasteiger partial charge >= 0.3 is 0 Å². The van der Waals surface area contributed by atoms with Crippen LogP contribution in [-0.4, -0.2) is 36.6 Å². The van der Waals surface area contributed by atoms with E-state index in [1.807, 2.05) is 0 Å². The van der Waals surface area contributed by atoms with Crippen LogP contribution in [0.4, 0.5) is 0 Å². The molecule has 0 spiro atoms. The van der Waals surface area contributed by atoms with E-state index >= 15 is 0 Å². The molecule has 1 fully saturated rings. The second-order valence-corrected chi connectivity index (χ2v) is 5.08. The Balaban J connectivity index is 2.66. The van der Waals surface area contributed by atoms with Crippen LogP contribution in [0.3, 0.4) is 0 Å². The summed E-state index contributed by atoms with van der Waals surface area (Å²) in [6.07, 6.45) is 0.685. The summed E-state index contributed by atoms with van der Waals surface area (Å²) in [6, 6.07) is 0. The first-order valence-electron chi connectivity index (χ1n) is 3.28. The zero-order chi connectivity index (χ0) is 8.48. The zero-order valence-electron chi connectivity index (χ0n) is 5.99. The second-order valence-electron chi connectivity index (χ2n) is 2.47. The highest BCUT2D eigenvalue weighted by Gasteiger charge is 2.27. The highest BCUT2D eigenvalue weighted by Crippen LogP contribution is 2.11. The molecule has 1 aliphatic heterocycles. The minimum absolute atomic E-state index is 0.192. The topological polar surface area (TPSA) is 63.4 Å². The Labute approximate surface area is 71.4 Å². The van der Waals surface area contributed by atoms with Gasteiger partial charge in [0.1, 0.15) is 0 Å². The van der Waals surface area contributed by atoms with Crippen molar-refractivity contribution in [3.8, 4) is 0 Å². The van der Waals surface area contributed by atoms with Gasteiger partial charge in [-0.25, -0.2) is 8.42 Å². The Morgan fingerprint density at radius 1 is 1.64 bits per heavy atom. The normalized spacial score (nSPS) is 23.6. The molecule has 0 amide bonds. The highest BCUT2D eigenvalue weighted by atomic mass is 32.2. The molecule has 0 aromatic rings. The van der Waals surface area contributed by atoms with Gasteiger partial charge in [0.2, 0.25) is 10.0 Å². The van der Waals surface area contributed by atoms with E-state index in [0.717, 1.165) is 0 Å². The van der Waals surface area contributed by atoms with E-state index in [1.165, 1.54) is 4.31 Å². The first kappa shape index (κ1) is 8.89. The molecular formula is C5H10N2O2S2. The average Bonchev–Trinajstić information content (AvgIpc) is 2.10. The van der Waals surface area contributed by atoms with Gasteiger partial charge < -0.3 is 5.73 Å². The number of nitrogens with two attached hydrogens (primary N) is 1. The van der Waals surface area contributed by atoms with Gasteiger partial charge in [0.05, 0.1) is 17.3 Å². The summed E-state index contributed by atoms with van der Waals surface area (Å²) >= 11 is 4.61. The third-order valence-corrected chi connectivity index (χ3v) is 3.57. The number of nitrogens with zero attached hydrogens (tertiary/aromatic N) is 1. The summed E-state index contributed by atoms with van der Waals surface area (Å²) in [7, 11) is -3.02. The summed E-state index contributed by atoms with van der Waals surface area (Å²) in [5.41, 5.74) is 5.22. The van der Waals surface area contributed by atoms with Gasteiger partial charge in [-0.2, -0.15) is 4.31 Å². The molecule has 6 heteroatoms. The molecule has 0 atom stereocenters. The Morgan fingerprint density at radius 2 is 2.27 bits per heavy atom. The summed E-state index contributed by atoms with van der Waals surface area (Å²) < 4.78 is 23.5. The molecule has 0 saturated carbocycles. The van der Waals surface area contributed by atoms with E-state index < -0.39 is 10.0 Å². The predicted octanol–water partition coefficient (Wildman–Crippen LogP) is -0.692. The number of sulfonamides is 1. The SMILES string of the molecule is NC(=S)CN1CCCS1(=O)=O. The first-order valence-corrected chi connectivity index (χ1v) is 5.30. The quantitative estimate of drug-likeness (QED) is 0.591. The lowest BCUT2D eigenvalue weighted by Gasteiger charge is -2.11. The van der Waals surface area contributed by atoms with E-state index in [9.17, 15) is 8.42 Å². The monoisotopic (exact) mass is 194 g/mol. The van der Waals surface area contributed by atoms with Crippen molar-refractivity contribution < 1.29 is 8.42 Å². The average molecular weight is 194 g/mol. The lowest BCUT2D eigenvalue weighted by molar-refractivity contribution is 0.487. The van der Waals surface area contributed by atoms with E-state index in [-0.39, 0.29) is 17.3 Å². The van der Waals surface area contributed by atoms with Gasteiger partial charge in [-0.3, -0.25) is 0 Å². The Hall–Kier alpha value is -0.200. The minimum atomic E-state index is -3.02. The molecule has 0 bridgehead atoms. The summed E-state index contributed by atoms with van der Waals surface area (Å²) in [5.74, 6) is 0.232. The smallest absolute Gasteiger partial charge is 0.214 e. The standard InChI is InChI=1S/C5H10N2O2S2/c6-5(10)4-7-2-1-3-11(7,8)9/h1-4H2,(H2,6,10). The molecule has 0 aliphatic carbocycles. The van der Waals surface area contributed by atoms with E-state index in [1.54, 1.807) is 0 Å². The molecule has 0 unspecified atom stereocenters. The van der Waals surface area contributed by atoms with Crippen molar-refractivity contribution in [1.29, 1.82) is 0 Å². The van der Waals surface area contributed by atoms with Crippen molar-refractivity contribution in [3.05, 3.63) is 0 Å². The van der Waals surface area contributed by atoms with Crippen LogP contribution in [0.2, 0.25) is 0 Å². The van der Waals surface area contributed by atoms with Crippen LogP contribution in [0, 0.1) is 0 Å². The van der Waals surface area contributed by atoms with Crippen LogP contribution in [0.15, 0.2) is 0 Å². The summed E-state index contributed by atoms with van der Waals surface area (Å²) in [4.78, 5) is 0.232.